The maximum Gasteiger partial charge on any atom is 0.173 e. The summed E-state index contributed by atoms with van der Waals surface area (Å²) in [6.45, 7) is 3.51. The highest BCUT2D eigenvalue weighted by Gasteiger charge is 2.21. The Labute approximate surface area is 95.1 Å². The van der Waals surface area contributed by atoms with Crippen LogP contribution in [0.4, 0.5) is 0 Å². The van der Waals surface area contributed by atoms with E-state index in [0.717, 1.165) is 12.4 Å². The maximum absolute atomic E-state index is 11.2. The van der Waals surface area contributed by atoms with E-state index in [0.29, 0.717) is 6.54 Å². The van der Waals surface area contributed by atoms with Crippen molar-refractivity contribution in [1.29, 1.82) is 0 Å². The molecule has 6 heteroatoms. The first-order valence-electron chi connectivity index (χ1n) is 5.25. The lowest BCUT2D eigenvalue weighted by Gasteiger charge is -2.10. The summed E-state index contributed by atoms with van der Waals surface area (Å²) in [5, 5.41) is 4.44. The number of imidazole rings is 1. The Kier molecular flexibility index (Phi) is 3.11. The predicted molar refractivity (Wildman–Crippen MR) is 61.5 cm³/mol. The molecule has 0 aromatic carbocycles. The first-order valence-corrected chi connectivity index (χ1v) is 6.96. The van der Waals surface area contributed by atoms with Crippen LogP contribution in [0.3, 0.4) is 0 Å². The van der Waals surface area contributed by atoms with Gasteiger partial charge < -0.3 is 9.88 Å². The molecule has 5 nitrogen and oxygen atoms in total. The Morgan fingerprint density at radius 2 is 2.44 bits per heavy atom. The SMILES string of the molecule is CCn1ccnc1CNC1C=CS(=O)(=O)C1. The highest BCUT2D eigenvalue weighted by molar-refractivity contribution is 7.94. The molecule has 0 fully saturated rings. The van der Waals surface area contributed by atoms with Crippen molar-refractivity contribution in [3.8, 4) is 0 Å². The zero-order valence-corrected chi connectivity index (χ0v) is 9.94. The van der Waals surface area contributed by atoms with Crippen LogP contribution in [0.15, 0.2) is 23.9 Å². The van der Waals surface area contributed by atoms with Gasteiger partial charge in [-0.1, -0.05) is 6.08 Å². The molecule has 2 rings (SSSR count). The van der Waals surface area contributed by atoms with Crippen LogP contribution in [-0.4, -0.2) is 29.8 Å². The van der Waals surface area contributed by atoms with E-state index < -0.39 is 9.84 Å². The minimum absolute atomic E-state index is 0.0907. The molecule has 1 aromatic rings. The van der Waals surface area contributed by atoms with E-state index in [9.17, 15) is 8.42 Å². The van der Waals surface area contributed by atoms with Gasteiger partial charge in [0.1, 0.15) is 5.82 Å². The maximum atomic E-state index is 11.2. The van der Waals surface area contributed by atoms with Crippen molar-refractivity contribution in [3.63, 3.8) is 0 Å². The number of sulfone groups is 1. The molecular formula is C10H15N3O2S. The van der Waals surface area contributed by atoms with Crippen LogP contribution in [0.2, 0.25) is 0 Å². The first kappa shape index (κ1) is 11.3. The third-order valence-electron chi connectivity index (χ3n) is 2.59. The summed E-state index contributed by atoms with van der Waals surface area (Å²) >= 11 is 0. The molecule has 16 heavy (non-hydrogen) atoms. The smallest absolute Gasteiger partial charge is 0.173 e. The molecule has 1 aliphatic heterocycles. The fraction of sp³-hybridized carbons (Fsp3) is 0.500. The predicted octanol–water partition coefficient (Wildman–Crippen LogP) is 0.303. The minimum Gasteiger partial charge on any atom is -0.334 e. The Morgan fingerprint density at radius 1 is 1.62 bits per heavy atom. The molecule has 0 saturated carbocycles. The van der Waals surface area contributed by atoms with E-state index >= 15 is 0 Å². The fourth-order valence-corrected chi connectivity index (χ4v) is 2.99. The van der Waals surface area contributed by atoms with Crippen LogP contribution in [0.5, 0.6) is 0 Å². The monoisotopic (exact) mass is 241 g/mol. The van der Waals surface area contributed by atoms with Crippen LogP contribution in [0.1, 0.15) is 12.7 Å². The third kappa shape index (κ3) is 2.51. The van der Waals surface area contributed by atoms with Gasteiger partial charge in [-0.2, -0.15) is 0 Å². The largest absolute Gasteiger partial charge is 0.334 e. The summed E-state index contributed by atoms with van der Waals surface area (Å²) in [6, 6.07) is -0.0907. The van der Waals surface area contributed by atoms with Crippen LogP contribution >= 0.6 is 0 Å². The van der Waals surface area contributed by atoms with Gasteiger partial charge >= 0.3 is 0 Å². The van der Waals surface area contributed by atoms with E-state index in [1.54, 1.807) is 12.3 Å². The molecule has 0 bridgehead atoms. The standard InChI is InChI=1S/C10H15N3O2S/c1-2-13-5-4-11-10(13)7-12-9-3-6-16(14,15)8-9/h3-6,9,12H,2,7-8H2,1H3. The number of aromatic nitrogens is 2. The molecule has 1 atom stereocenters. The third-order valence-corrected chi connectivity index (χ3v) is 3.99. The number of rotatable bonds is 4. The van der Waals surface area contributed by atoms with Crippen molar-refractivity contribution in [2.45, 2.75) is 26.1 Å². The van der Waals surface area contributed by atoms with Crippen molar-refractivity contribution < 1.29 is 8.42 Å². The van der Waals surface area contributed by atoms with E-state index in [-0.39, 0.29) is 11.8 Å². The van der Waals surface area contributed by atoms with E-state index in [1.807, 2.05) is 17.7 Å². The normalized spacial score (nSPS) is 22.7. The number of hydrogen-bond acceptors (Lipinski definition) is 4. The Balaban J connectivity index is 1.92. The van der Waals surface area contributed by atoms with Gasteiger partial charge in [-0.25, -0.2) is 13.4 Å². The molecule has 0 amide bonds. The molecule has 1 unspecified atom stereocenters. The lowest BCUT2D eigenvalue weighted by molar-refractivity contribution is 0.571. The van der Waals surface area contributed by atoms with E-state index in [1.165, 1.54) is 5.41 Å². The molecule has 0 radical (unpaired) electrons. The second-order valence-corrected chi connectivity index (χ2v) is 5.71. The highest BCUT2D eigenvalue weighted by atomic mass is 32.2. The van der Waals surface area contributed by atoms with Crippen LogP contribution in [-0.2, 0) is 22.9 Å². The molecule has 0 aliphatic carbocycles. The summed E-state index contributed by atoms with van der Waals surface area (Å²) in [4.78, 5) is 4.21. The second-order valence-electron chi connectivity index (χ2n) is 3.77. The Hall–Kier alpha value is -1.14. The van der Waals surface area contributed by atoms with Crippen molar-refractivity contribution in [3.05, 3.63) is 29.7 Å². The van der Waals surface area contributed by atoms with Gasteiger partial charge in [0.2, 0.25) is 0 Å². The average Bonchev–Trinajstić information content (AvgIpc) is 2.81. The van der Waals surface area contributed by atoms with Crippen molar-refractivity contribution in [2.24, 2.45) is 0 Å². The second kappa shape index (κ2) is 4.39. The van der Waals surface area contributed by atoms with Gasteiger partial charge in [0.05, 0.1) is 12.3 Å². The molecule has 88 valence electrons. The van der Waals surface area contributed by atoms with Gasteiger partial charge in [0.25, 0.3) is 0 Å². The average molecular weight is 241 g/mol. The van der Waals surface area contributed by atoms with Gasteiger partial charge in [0, 0.05) is 30.4 Å². The van der Waals surface area contributed by atoms with Gasteiger partial charge in [-0.15, -0.1) is 0 Å². The topological polar surface area (TPSA) is 64.0 Å². The molecule has 1 aliphatic rings. The Morgan fingerprint density at radius 3 is 3.06 bits per heavy atom. The zero-order valence-electron chi connectivity index (χ0n) is 9.13. The number of nitrogens with zero attached hydrogens (tertiary/aromatic N) is 2. The molecule has 1 aromatic heterocycles. The molecule has 1 N–H and O–H groups in total. The fourth-order valence-electron chi connectivity index (χ4n) is 1.72. The minimum atomic E-state index is -2.97. The number of nitrogens with one attached hydrogen (secondary N) is 1. The van der Waals surface area contributed by atoms with Crippen molar-refractivity contribution >= 4 is 9.84 Å². The molecular weight excluding hydrogens is 226 g/mol. The van der Waals surface area contributed by atoms with Crippen LogP contribution in [0, 0.1) is 0 Å². The van der Waals surface area contributed by atoms with Crippen LogP contribution in [0.25, 0.3) is 0 Å². The van der Waals surface area contributed by atoms with Crippen molar-refractivity contribution in [1.82, 2.24) is 14.9 Å². The summed E-state index contributed by atoms with van der Waals surface area (Å²) in [6.07, 6.45) is 5.36. The Bertz CT molecular complexity index is 490. The van der Waals surface area contributed by atoms with E-state index in [4.69, 9.17) is 0 Å². The molecule has 0 spiro atoms. The molecule has 0 saturated heterocycles. The summed E-state index contributed by atoms with van der Waals surface area (Å²) in [5.74, 6) is 1.08. The van der Waals surface area contributed by atoms with Gasteiger partial charge in [-0.05, 0) is 6.92 Å². The highest BCUT2D eigenvalue weighted by Crippen LogP contribution is 2.08. The molecule has 2 heterocycles. The summed E-state index contributed by atoms with van der Waals surface area (Å²) in [7, 11) is -2.97. The lowest BCUT2D eigenvalue weighted by Crippen LogP contribution is -2.30. The van der Waals surface area contributed by atoms with E-state index in [2.05, 4.69) is 10.3 Å². The quantitative estimate of drug-likeness (QED) is 0.823. The lowest BCUT2D eigenvalue weighted by atomic mass is 10.3. The zero-order chi connectivity index (χ0) is 11.6. The first-order chi connectivity index (χ1) is 7.61. The summed E-state index contributed by atoms with van der Waals surface area (Å²) < 4.78 is 24.4. The summed E-state index contributed by atoms with van der Waals surface area (Å²) in [5.41, 5.74) is 0. The number of aryl methyl sites for hydroxylation is 1. The van der Waals surface area contributed by atoms with Gasteiger partial charge in [0.15, 0.2) is 9.84 Å². The van der Waals surface area contributed by atoms with Crippen molar-refractivity contribution in [2.75, 3.05) is 5.75 Å². The van der Waals surface area contributed by atoms with Gasteiger partial charge in [-0.3, -0.25) is 0 Å². The van der Waals surface area contributed by atoms with Crippen LogP contribution < -0.4 is 5.32 Å². The number of hydrogen-bond donors (Lipinski definition) is 1.